The highest BCUT2D eigenvalue weighted by molar-refractivity contribution is 5.65. The first kappa shape index (κ1) is 17.9. The van der Waals surface area contributed by atoms with Crippen molar-refractivity contribution in [2.24, 2.45) is 5.92 Å². The van der Waals surface area contributed by atoms with E-state index in [1.807, 2.05) is 0 Å². The lowest BCUT2D eigenvalue weighted by molar-refractivity contribution is 0.110. The summed E-state index contributed by atoms with van der Waals surface area (Å²) in [5.74, 6) is -2.11. The van der Waals surface area contributed by atoms with Crippen molar-refractivity contribution >= 4 is 6.09 Å². The van der Waals surface area contributed by atoms with Crippen LogP contribution in [-0.2, 0) is 0 Å². The minimum Gasteiger partial charge on any atom is -0.487 e. The Hall–Kier alpha value is -2.90. The van der Waals surface area contributed by atoms with Gasteiger partial charge in [0.25, 0.3) is 0 Å². The van der Waals surface area contributed by atoms with Gasteiger partial charge in [-0.1, -0.05) is 0 Å². The zero-order chi connectivity index (χ0) is 18.7. The maximum absolute atomic E-state index is 14.3. The van der Waals surface area contributed by atoms with Crippen LogP contribution in [0.4, 0.5) is 13.6 Å². The third-order valence-electron chi connectivity index (χ3n) is 4.46. The van der Waals surface area contributed by atoms with Gasteiger partial charge in [-0.3, -0.25) is 4.79 Å². The number of aromatic amines is 1. The highest BCUT2D eigenvalue weighted by Gasteiger charge is 2.23. The summed E-state index contributed by atoms with van der Waals surface area (Å²) in [5, 5.41) is 8.92. The summed E-state index contributed by atoms with van der Waals surface area (Å²) in [7, 11) is 0. The van der Waals surface area contributed by atoms with Crippen LogP contribution in [0.3, 0.4) is 0 Å². The third kappa shape index (κ3) is 4.01. The van der Waals surface area contributed by atoms with Crippen molar-refractivity contribution in [2.75, 3.05) is 19.7 Å². The average Bonchev–Trinajstić information content (AvgIpc) is 2.61. The molecule has 0 saturated carbocycles. The number of ether oxygens (including phenoxy) is 1. The van der Waals surface area contributed by atoms with E-state index in [4.69, 9.17) is 9.84 Å². The van der Waals surface area contributed by atoms with Gasteiger partial charge >= 0.3 is 6.09 Å². The monoisotopic (exact) mass is 364 g/mol. The lowest BCUT2D eigenvalue weighted by atomic mass is 9.98. The molecule has 2 aromatic rings. The minimum atomic E-state index is -0.961. The van der Waals surface area contributed by atoms with Gasteiger partial charge in [-0.15, -0.1) is 0 Å². The first-order chi connectivity index (χ1) is 12.4. The zero-order valence-corrected chi connectivity index (χ0v) is 13.9. The Kier molecular flexibility index (Phi) is 5.20. The number of likely N-dealkylation sites (tertiary alicyclic amines) is 1. The van der Waals surface area contributed by atoms with Crippen LogP contribution in [0.1, 0.15) is 12.8 Å². The maximum Gasteiger partial charge on any atom is 0.407 e. The molecule has 1 aromatic heterocycles. The fourth-order valence-corrected chi connectivity index (χ4v) is 2.98. The molecule has 6 nitrogen and oxygen atoms in total. The summed E-state index contributed by atoms with van der Waals surface area (Å²) in [5.41, 5.74) is 0.281. The van der Waals surface area contributed by atoms with Gasteiger partial charge in [0.15, 0.2) is 17.4 Å². The van der Waals surface area contributed by atoms with E-state index in [0.717, 1.165) is 12.1 Å². The summed E-state index contributed by atoms with van der Waals surface area (Å²) in [6.07, 6.45) is 1.61. The number of hydrogen-bond acceptors (Lipinski definition) is 3. The average molecular weight is 364 g/mol. The third-order valence-corrected chi connectivity index (χ3v) is 4.46. The van der Waals surface area contributed by atoms with Gasteiger partial charge in [-0.2, -0.15) is 0 Å². The van der Waals surface area contributed by atoms with Crippen molar-refractivity contribution in [2.45, 2.75) is 12.8 Å². The molecule has 138 valence electrons. The molecular formula is C18H18F2N2O4. The van der Waals surface area contributed by atoms with E-state index in [-0.39, 0.29) is 23.6 Å². The summed E-state index contributed by atoms with van der Waals surface area (Å²) < 4.78 is 33.9. The summed E-state index contributed by atoms with van der Waals surface area (Å²) in [4.78, 5) is 26.0. The smallest absolute Gasteiger partial charge is 0.407 e. The molecule has 26 heavy (non-hydrogen) atoms. The Morgan fingerprint density at radius 2 is 1.85 bits per heavy atom. The SMILES string of the molecule is O=C(O)N1CCC(COc2c(F)cc(-c3cc[nH]c(=O)c3)cc2F)CC1. The number of nitrogens with zero attached hydrogens (tertiary/aromatic N) is 1. The predicted molar refractivity (Wildman–Crippen MR) is 90.2 cm³/mol. The molecule has 0 aliphatic carbocycles. The Balaban J connectivity index is 1.68. The van der Waals surface area contributed by atoms with E-state index in [1.54, 1.807) is 6.07 Å². The lowest BCUT2D eigenvalue weighted by Crippen LogP contribution is -2.38. The second kappa shape index (κ2) is 7.55. The maximum atomic E-state index is 14.3. The molecule has 2 N–H and O–H groups in total. The Morgan fingerprint density at radius 3 is 2.42 bits per heavy atom. The number of piperidine rings is 1. The number of hydrogen-bond donors (Lipinski definition) is 2. The number of pyridine rings is 1. The van der Waals surface area contributed by atoms with Gasteiger partial charge < -0.3 is 19.7 Å². The second-order valence-corrected chi connectivity index (χ2v) is 6.23. The van der Waals surface area contributed by atoms with Crippen molar-refractivity contribution in [3.63, 3.8) is 0 Å². The normalized spacial score (nSPS) is 15.1. The van der Waals surface area contributed by atoms with Crippen LogP contribution >= 0.6 is 0 Å². The van der Waals surface area contributed by atoms with E-state index < -0.39 is 23.5 Å². The molecular weight excluding hydrogens is 346 g/mol. The summed E-state index contributed by atoms with van der Waals surface area (Å²) >= 11 is 0. The Morgan fingerprint density at radius 1 is 1.19 bits per heavy atom. The standard InChI is InChI=1S/C18H18F2N2O4/c19-14-7-13(12-1-4-21-16(23)9-12)8-15(20)17(14)26-10-11-2-5-22(6-3-11)18(24)25/h1,4,7-9,11H,2-3,5-6,10H2,(H,21,23)(H,24,25). The fraction of sp³-hybridized carbons (Fsp3) is 0.333. The van der Waals surface area contributed by atoms with Crippen molar-refractivity contribution in [3.8, 4) is 16.9 Å². The van der Waals surface area contributed by atoms with Crippen molar-refractivity contribution in [1.82, 2.24) is 9.88 Å². The number of H-pyrrole nitrogens is 1. The van der Waals surface area contributed by atoms with Crippen molar-refractivity contribution in [3.05, 3.63) is 52.5 Å². The van der Waals surface area contributed by atoms with Gasteiger partial charge in [0.2, 0.25) is 5.56 Å². The number of rotatable bonds is 4. The van der Waals surface area contributed by atoms with Gasteiger partial charge in [0.1, 0.15) is 0 Å². The molecule has 1 saturated heterocycles. The lowest BCUT2D eigenvalue weighted by Gasteiger charge is -2.29. The fourth-order valence-electron chi connectivity index (χ4n) is 2.98. The molecule has 1 aromatic carbocycles. The van der Waals surface area contributed by atoms with E-state index in [9.17, 15) is 18.4 Å². The van der Waals surface area contributed by atoms with Crippen LogP contribution in [0.2, 0.25) is 0 Å². The second-order valence-electron chi connectivity index (χ2n) is 6.23. The van der Waals surface area contributed by atoms with E-state index in [1.165, 1.54) is 17.2 Å². The predicted octanol–water partition coefficient (Wildman–Crippen LogP) is 3.09. The molecule has 1 amide bonds. The number of carbonyl (C=O) groups is 1. The van der Waals surface area contributed by atoms with Crippen LogP contribution < -0.4 is 10.3 Å². The molecule has 0 spiro atoms. The van der Waals surface area contributed by atoms with Gasteiger partial charge in [0, 0.05) is 25.4 Å². The van der Waals surface area contributed by atoms with Crippen LogP contribution in [0.5, 0.6) is 5.75 Å². The molecule has 1 fully saturated rings. The van der Waals surface area contributed by atoms with Crippen LogP contribution in [0.25, 0.3) is 11.1 Å². The summed E-state index contributed by atoms with van der Waals surface area (Å²) in [6, 6.07) is 5.05. The molecule has 2 heterocycles. The highest BCUT2D eigenvalue weighted by Crippen LogP contribution is 2.29. The van der Waals surface area contributed by atoms with Gasteiger partial charge in [0.05, 0.1) is 6.61 Å². The molecule has 0 radical (unpaired) electrons. The quantitative estimate of drug-likeness (QED) is 0.873. The molecule has 0 bridgehead atoms. The largest absolute Gasteiger partial charge is 0.487 e. The number of benzene rings is 1. The van der Waals surface area contributed by atoms with Crippen LogP contribution in [-0.4, -0.2) is 40.8 Å². The number of nitrogens with one attached hydrogen (secondary N) is 1. The van der Waals surface area contributed by atoms with Crippen LogP contribution in [0, 0.1) is 17.6 Å². The molecule has 3 rings (SSSR count). The van der Waals surface area contributed by atoms with Gasteiger partial charge in [-0.25, -0.2) is 13.6 Å². The van der Waals surface area contributed by atoms with E-state index in [0.29, 0.717) is 31.5 Å². The van der Waals surface area contributed by atoms with Crippen molar-refractivity contribution in [1.29, 1.82) is 0 Å². The molecule has 1 aliphatic rings. The highest BCUT2D eigenvalue weighted by atomic mass is 19.1. The Labute approximate surface area is 148 Å². The number of aromatic nitrogens is 1. The number of amides is 1. The molecule has 0 atom stereocenters. The molecule has 1 aliphatic heterocycles. The first-order valence-corrected chi connectivity index (χ1v) is 8.23. The zero-order valence-electron chi connectivity index (χ0n) is 13.9. The van der Waals surface area contributed by atoms with Crippen molar-refractivity contribution < 1.29 is 23.4 Å². The first-order valence-electron chi connectivity index (χ1n) is 8.23. The molecule has 8 heteroatoms. The topological polar surface area (TPSA) is 82.6 Å². The number of carboxylic acid groups (broad SMARTS) is 1. The summed E-state index contributed by atoms with van der Waals surface area (Å²) in [6.45, 7) is 0.886. The van der Waals surface area contributed by atoms with E-state index >= 15 is 0 Å². The van der Waals surface area contributed by atoms with Crippen LogP contribution in [0.15, 0.2) is 35.3 Å². The number of halogens is 2. The molecule has 0 unspecified atom stereocenters. The van der Waals surface area contributed by atoms with E-state index in [2.05, 4.69) is 4.98 Å². The minimum absolute atomic E-state index is 0.0387. The van der Waals surface area contributed by atoms with Gasteiger partial charge in [-0.05, 0) is 48.1 Å². The Bertz CT molecular complexity index is 837.